The molecule has 0 fully saturated rings. The first-order valence-corrected chi connectivity index (χ1v) is 7.60. The van der Waals surface area contributed by atoms with E-state index in [9.17, 15) is 4.79 Å². The van der Waals surface area contributed by atoms with Crippen molar-refractivity contribution in [3.8, 4) is 0 Å². The Hall–Kier alpha value is -0.680. The van der Waals surface area contributed by atoms with E-state index in [1.807, 2.05) is 13.8 Å². The molecule has 6 heteroatoms. The van der Waals surface area contributed by atoms with Gasteiger partial charge in [-0.05, 0) is 23.9 Å². The quantitative estimate of drug-likeness (QED) is 0.725. The second-order valence-corrected chi connectivity index (χ2v) is 5.61. The molecule has 0 radical (unpaired) electrons. The van der Waals surface area contributed by atoms with E-state index >= 15 is 0 Å². The summed E-state index contributed by atoms with van der Waals surface area (Å²) in [5.41, 5.74) is 0.793. The molecule has 0 atom stereocenters. The van der Waals surface area contributed by atoms with Crippen molar-refractivity contribution in [2.45, 2.75) is 39.5 Å². The first-order chi connectivity index (χ1) is 8.61. The van der Waals surface area contributed by atoms with Crippen LogP contribution in [0.4, 0.5) is 0 Å². The van der Waals surface area contributed by atoms with Gasteiger partial charge in [-0.2, -0.15) is 0 Å². The van der Waals surface area contributed by atoms with Crippen molar-refractivity contribution >= 4 is 29.0 Å². The Bertz CT molecular complexity index is 381. The van der Waals surface area contributed by atoms with Gasteiger partial charge in [0.2, 0.25) is 0 Å². The maximum absolute atomic E-state index is 12.4. The number of carbonyl (C=O) groups is 1. The van der Waals surface area contributed by atoms with Crippen molar-refractivity contribution in [3.63, 3.8) is 0 Å². The van der Waals surface area contributed by atoms with Gasteiger partial charge in [-0.25, -0.2) is 0 Å². The minimum Gasteiger partial charge on any atom is -0.337 e. The van der Waals surface area contributed by atoms with Crippen molar-refractivity contribution in [2.75, 3.05) is 19.0 Å². The molecular formula is C12H20ClN3OS. The molecular weight excluding hydrogens is 270 g/mol. The summed E-state index contributed by atoms with van der Waals surface area (Å²) in [6, 6.07) is 0. The van der Waals surface area contributed by atoms with Crippen molar-refractivity contribution in [2.24, 2.45) is 0 Å². The molecule has 0 aliphatic carbocycles. The highest BCUT2D eigenvalue weighted by molar-refractivity contribution is 7.08. The van der Waals surface area contributed by atoms with Crippen LogP contribution in [0.15, 0.2) is 0 Å². The van der Waals surface area contributed by atoms with Crippen LogP contribution < -0.4 is 0 Å². The maximum atomic E-state index is 12.4. The van der Waals surface area contributed by atoms with Crippen molar-refractivity contribution in [1.82, 2.24) is 14.5 Å². The molecule has 0 bridgehead atoms. The summed E-state index contributed by atoms with van der Waals surface area (Å²) in [5, 5.41) is 4.05. The Balaban J connectivity index is 2.84. The van der Waals surface area contributed by atoms with Gasteiger partial charge in [-0.1, -0.05) is 31.7 Å². The van der Waals surface area contributed by atoms with E-state index in [1.54, 1.807) is 4.90 Å². The summed E-state index contributed by atoms with van der Waals surface area (Å²) in [5.74, 6) is 0.688. The standard InChI is InChI=1S/C12H20ClN3OS/c1-4-5-7-16(8-6-13)12(17)11-10(9(2)3)14-15-18-11/h9H,4-8H2,1-3H3. The number of amides is 1. The molecule has 1 heterocycles. The smallest absolute Gasteiger partial charge is 0.267 e. The number of hydrogen-bond acceptors (Lipinski definition) is 4. The molecule has 1 amide bonds. The lowest BCUT2D eigenvalue weighted by Crippen LogP contribution is -2.33. The number of halogens is 1. The zero-order chi connectivity index (χ0) is 13.5. The third kappa shape index (κ3) is 3.92. The number of aromatic nitrogens is 2. The average molecular weight is 290 g/mol. The minimum absolute atomic E-state index is 0.0165. The lowest BCUT2D eigenvalue weighted by atomic mass is 10.1. The predicted molar refractivity (Wildman–Crippen MR) is 75.5 cm³/mol. The third-order valence-electron chi connectivity index (χ3n) is 2.68. The predicted octanol–water partition coefficient (Wildman–Crippen LogP) is 3.14. The maximum Gasteiger partial charge on any atom is 0.267 e. The number of carbonyl (C=O) groups excluding carboxylic acids is 1. The number of nitrogens with zero attached hydrogens (tertiary/aromatic N) is 3. The highest BCUT2D eigenvalue weighted by atomic mass is 35.5. The van der Waals surface area contributed by atoms with Gasteiger partial charge in [0.25, 0.3) is 5.91 Å². The average Bonchev–Trinajstić information content (AvgIpc) is 2.82. The molecule has 0 aromatic carbocycles. The van der Waals surface area contributed by atoms with Gasteiger partial charge >= 0.3 is 0 Å². The Kier molecular flexibility index (Phi) is 6.57. The molecule has 0 aliphatic rings. The van der Waals surface area contributed by atoms with Gasteiger partial charge in [0.05, 0.1) is 5.69 Å². The summed E-state index contributed by atoms with van der Waals surface area (Å²) >= 11 is 6.94. The number of rotatable bonds is 7. The van der Waals surface area contributed by atoms with Crippen LogP contribution >= 0.6 is 23.1 Å². The van der Waals surface area contributed by atoms with Crippen LogP contribution in [0, 0.1) is 0 Å². The molecule has 102 valence electrons. The first-order valence-electron chi connectivity index (χ1n) is 6.29. The van der Waals surface area contributed by atoms with Crippen LogP contribution in [0.3, 0.4) is 0 Å². The van der Waals surface area contributed by atoms with Crippen LogP contribution in [0.5, 0.6) is 0 Å². The van der Waals surface area contributed by atoms with E-state index < -0.39 is 0 Å². The molecule has 0 N–H and O–H groups in total. The number of unbranched alkanes of at least 4 members (excludes halogenated alkanes) is 1. The number of alkyl halides is 1. The van der Waals surface area contributed by atoms with Crippen LogP contribution in [0.2, 0.25) is 0 Å². The summed E-state index contributed by atoms with van der Waals surface area (Å²) in [6.45, 7) is 7.47. The first kappa shape index (κ1) is 15.4. The van der Waals surface area contributed by atoms with Gasteiger partial charge in [0.1, 0.15) is 4.88 Å². The van der Waals surface area contributed by atoms with Crippen LogP contribution in [0.1, 0.15) is 54.9 Å². The molecule has 0 saturated carbocycles. The van der Waals surface area contributed by atoms with Crippen molar-refractivity contribution in [3.05, 3.63) is 10.6 Å². The van der Waals surface area contributed by atoms with Gasteiger partial charge in [-0.3, -0.25) is 4.79 Å². The highest BCUT2D eigenvalue weighted by Gasteiger charge is 2.23. The SMILES string of the molecule is CCCCN(CCCl)C(=O)c1snnc1C(C)C. The summed E-state index contributed by atoms with van der Waals surface area (Å²) in [7, 11) is 0. The highest BCUT2D eigenvalue weighted by Crippen LogP contribution is 2.21. The zero-order valence-corrected chi connectivity index (χ0v) is 12.7. The lowest BCUT2D eigenvalue weighted by Gasteiger charge is -2.21. The molecule has 1 rings (SSSR count). The molecule has 0 unspecified atom stereocenters. The van der Waals surface area contributed by atoms with Crippen molar-refractivity contribution < 1.29 is 4.79 Å². The fraction of sp³-hybridized carbons (Fsp3) is 0.750. The second-order valence-electron chi connectivity index (χ2n) is 4.48. The molecule has 18 heavy (non-hydrogen) atoms. The molecule has 1 aromatic heterocycles. The van der Waals surface area contributed by atoms with Crippen LogP contribution in [-0.2, 0) is 0 Å². The molecule has 1 aromatic rings. The van der Waals surface area contributed by atoms with E-state index in [2.05, 4.69) is 16.5 Å². The van der Waals surface area contributed by atoms with Gasteiger partial charge in [0, 0.05) is 19.0 Å². The normalized spacial score (nSPS) is 10.9. The second kappa shape index (κ2) is 7.69. The Morgan fingerprint density at radius 2 is 2.17 bits per heavy atom. The van der Waals surface area contributed by atoms with E-state index in [4.69, 9.17) is 11.6 Å². The lowest BCUT2D eigenvalue weighted by molar-refractivity contribution is 0.0766. The van der Waals surface area contributed by atoms with E-state index in [-0.39, 0.29) is 11.8 Å². The number of hydrogen-bond donors (Lipinski definition) is 0. The van der Waals surface area contributed by atoms with Crippen LogP contribution in [0.25, 0.3) is 0 Å². The van der Waals surface area contributed by atoms with Crippen molar-refractivity contribution in [1.29, 1.82) is 0 Å². The third-order valence-corrected chi connectivity index (χ3v) is 3.58. The fourth-order valence-corrected chi connectivity index (χ4v) is 2.62. The molecule has 4 nitrogen and oxygen atoms in total. The summed E-state index contributed by atoms with van der Waals surface area (Å²) < 4.78 is 3.90. The van der Waals surface area contributed by atoms with Gasteiger partial charge in [-0.15, -0.1) is 16.7 Å². The van der Waals surface area contributed by atoms with Gasteiger partial charge < -0.3 is 4.90 Å². The van der Waals surface area contributed by atoms with Crippen LogP contribution in [-0.4, -0.2) is 39.4 Å². The molecule has 0 aliphatic heterocycles. The molecule has 0 saturated heterocycles. The zero-order valence-electron chi connectivity index (χ0n) is 11.1. The van der Waals surface area contributed by atoms with Gasteiger partial charge in [0.15, 0.2) is 0 Å². The van der Waals surface area contributed by atoms with E-state index in [0.717, 1.165) is 25.1 Å². The topological polar surface area (TPSA) is 46.1 Å². The van der Waals surface area contributed by atoms with E-state index in [1.165, 1.54) is 11.5 Å². The molecule has 0 spiro atoms. The Morgan fingerprint density at radius 3 is 2.72 bits per heavy atom. The fourth-order valence-electron chi connectivity index (χ4n) is 1.63. The largest absolute Gasteiger partial charge is 0.337 e. The summed E-state index contributed by atoms with van der Waals surface area (Å²) in [4.78, 5) is 14.9. The Labute approximate surface area is 117 Å². The Morgan fingerprint density at radius 1 is 1.44 bits per heavy atom. The van der Waals surface area contributed by atoms with E-state index in [0.29, 0.717) is 17.3 Å². The summed E-state index contributed by atoms with van der Waals surface area (Å²) in [6.07, 6.45) is 2.05. The minimum atomic E-state index is 0.0165. The monoisotopic (exact) mass is 289 g/mol.